The fraction of sp³-hybridized carbons (Fsp3) is 0.0833. The van der Waals surface area contributed by atoms with Gasteiger partial charge in [-0.05, 0) is 40.8 Å². The molecule has 0 unspecified atom stereocenters. The first kappa shape index (κ1) is 15.3. The molecular weight excluding hydrogens is 411 g/mol. The number of hydrogen-bond acceptors (Lipinski definition) is 4. The third kappa shape index (κ3) is 4.18. The van der Waals surface area contributed by atoms with E-state index in [1.54, 1.807) is 35.7 Å². The minimum Gasteiger partial charge on any atom is -0.320 e. The third-order valence-corrected chi connectivity index (χ3v) is 4.68. The van der Waals surface area contributed by atoms with Crippen LogP contribution >= 0.6 is 33.9 Å². The summed E-state index contributed by atoms with van der Waals surface area (Å²) in [5, 5.41) is 4.45. The zero-order valence-electron chi connectivity index (χ0n) is 10.4. The van der Waals surface area contributed by atoms with Gasteiger partial charge in [0.2, 0.25) is 10.0 Å². The molecule has 0 aliphatic rings. The van der Waals surface area contributed by atoms with Gasteiger partial charge >= 0.3 is 0 Å². The summed E-state index contributed by atoms with van der Waals surface area (Å²) in [7, 11) is -3.40. The van der Waals surface area contributed by atoms with Crippen molar-refractivity contribution in [3.63, 3.8) is 0 Å². The van der Waals surface area contributed by atoms with Crippen LogP contribution in [-0.4, -0.2) is 20.6 Å². The second kappa shape index (κ2) is 6.10. The maximum atomic E-state index is 12.1. The Morgan fingerprint density at radius 3 is 2.45 bits per heavy atom. The summed E-state index contributed by atoms with van der Waals surface area (Å²) >= 11 is 3.61. The number of rotatable bonds is 4. The van der Waals surface area contributed by atoms with Crippen LogP contribution in [0.15, 0.2) is 35.7 Å². The summed E-state index contributed by atoms with van der Waals surface area (Å²) in [6, 6.07) is 8.42. The molecule has 0 fully saturated rings. The number of halogens is 1. The van der Waals surface area contributed by atoms with Gasteiger partial charge in [-0.1, -0.05) is 12.1 Å². The summed E-state index contributed by atoms with van der Waals surface area (Å²) < 4.78 is 26.0. The molecule has 0 atom stereocenters. The van der Waals surface area contributed by atoms with Crippen LogP contribution in [0.2, 0.25) is 0 Å². The normalized spacial score (nSPS) is 11.1. The van der Waals surface area contributed by atoms with E-state index in [0.29, 0.717) is 16.9 Å². The lowest BCUT2D eigenvalue weighted by Gasteiger charge is -2.11. The number of nitrogens with one attached hydrogen (secondary N) is 2. The fourth-order valence-corrected chi connectivity index (χ4v) is 3.41. The first-order valence-electron chi connectivity index (χ1n) is 5.47. The Labute approximate surface area is 134 Å². The number of sulfonamides is 1. The molecule has 1 aromatic carbocycles. The number of carbonyl (C=O) groups is 1. The monoisotopic (exact) mass is 422 g/mol. The fourth-order valence-electron chi connectivity index (χ4n) is 1.50. The lowest BCUT2D eigenvalue weighted by atomic mass is 10.2. The zero-order chi connectivity index (χ0) is 14.8. The molecule has 0 aliphatic heterocycles. The van der Waals surface area contributed by atoms with Gasteiger partial charge in [-0.25, -0.2) is 8.42 Å². The molecule has 1 heterocycles. The van der Waals surface area contributed by atoms with Crippen molar-refractivity contribution in [1.82, 2.24) is 0 Å². The van der Waals surface area contributed by atoms with Crippen LogP contribution < -0.4 is 10.0 Å². The Balaban J connectivity index is 2.23. The Bertz CT molecular complexity index is 741. The predicted octanol–water partition coefficient (Wildman–Crippen LogP) is 2.98. The van der Waals surface area contributed by atoms with E-state index in [1.807, 2.05) is 0 Å². The Morgan fingerprint density at radius 1 is 1.25 bits per heavy atom. The summed E-state index contributed by atoms with van der Waals surface area (Å²) in [6.45, 7) is 0. The number of hydrogen-bond donors (Lipinski definition) is 2. The van der Waals surface area contributed by atoms with Crippen molar-refractivity contribution < 1.29 is 13.2 Å². The molecule has 0 saturated carbocycles. The summed E-state index contributed by atoms with van der Waals surface area (Å²) in [5.41, 5.74) is 1.31. The number of amides is 1. The van der Waals surface area contributed by atoms with Crippen LogP contribution in [0.3, 0.4) is 0 Å². The molecular formula is C12H11IN2O3S2. The van der Waals surface area contributed by atoms with Crippen LogP contribution in [0.25, 0.3) is 0 Å². The highest BCUT2D eigenvalue weighted by Crippen LogP contribution is 2.24. The molecule has 2 N–H and O–H groups in total. The largest absolute Gasteiger partial charge is 0.320 e. The van der Waals surface area contributed by atoms with Gasteiger partial charge in [-0.2, -0.15) is 0 Å². The molecule has 8 heteroatoms. The Kier molecular flexibility index (Phi) is 4.66. The minimum atomic E-state index is -3.40. The van der Waals surface area contributed by atoms with E-state index < -0.39 is 10.0 Å². The molecule has 0 radical (unpaired) electrons. The zero-order valence-corrected chi connectivity index (χ0v) is 14.2. The summed E-state index contributed by atoms with van der Waals surface area (Å²) in [6.07, 6.45) is 1.06. The van der Waals surface area contributed by atoms with E-state index in [4.69, 9.17) is 0 Å². The molecule has 0 bridgehead atoms. The van der Waals surface area contributed by atoms with Crippen molar-refractivity contribution in [1.29, 1.82) is 0 Å². The molecule has 0 spiro atoms. The molecule has 1 aromatic heterocycles. The third-order valence-electron chi connectivity index (χ3n) is 2.30. The van der Waals surface area contributed by atoms with Crippen molar-refractivity contribution in [3.8, 4) is 0 Å². The van der Waals surface area contributed by atoms with Gasteiger partial charge in [0.1, 0.15) is 0 Å². The van der Waals surface area contributed by atoms with Crippen LogP contribution in [0.1, 0.15) is 10.4 Å². The lowest BCUT2D eigenvalue weighted by molar-refractivity contribution is 0.102. The maximum Gasteiger partial charge on any atom is 0.256 e. The molecule has 1 amide bonds. The Hall–Kier alpha value is -1.13. The lowest BCUT2D eigenvalue weighted by Crippen LogP contribution is -2.15. The average Bonchev–Trinajstić information content (AvgIpc) is 2.77. The van der Waals surface area contributed by atoms with Gasteiger partial charge in [0.05, 0.1) is 26.1 Å². The molecule has 2 aromatic rings. The smallest absolute Gasteiger partial charge is 0.256 e. The van der Waals surface area contributed by atoms with E-state index in [1.165, 1.54) is 11.3 Å². The summed E-state index contributed by atoms with van der Waals surface area (Å²) in [5.74, 6) is -0.271. The Morgan fingerprint density at radius 2 is 1.90 bits per heavy atom. The van der Waals surface area contributed by atoms with Crippen molar-refractivity contribution in [3.05, 3.63) is 44.2 Å². The van der Waals surface area contributed by atoms with Gasteiger partial charge in [0.15, 0.2) is 0 Å². The van der Waals surface area contributed by atoms with Crippen LogP contribution in [0.5, 0.6) is 0 Å². The first-order chi connectivity index (χ1) is 9.35. The number of thiophene rings is 1. The predicted molar refractivity (Wildman–Crippen MR) is 89.9 cm³/mol. The van der Waals surface area contributed by atoms with E-state index in [0.717, 1.165) is 9.14 Å². The SMILES string of the molecule is CS(=O)(=O)Nc1ccccc1NC(=O)c1csc(I)c1. The van der Waals surface area contributed by atoms with Crippen LogP contribution in [-0.2, 0) is 10.0 Å². The molecule has 0 saturated heterocycles. The summed E-state index contributed by atoms with van der Waals surface area (Å²) in [4.78, 5) is 12.1. The molecule has 20 heavy (non-hydrogen) atoms. The maximum absolute atomic E-state index is 12.1. The average molecular weight is 422 g/mol. The highest BCUT2D eigenvalue weighted by atomic mass is 127. The number of benzene rings is 1. The van der Waals surface area contributed by atoms with E-state index in [2.05, 4.69) is 32.6 Å². The quantitative estimate of drug-likeness (QED) is 0.745. The minimum absolute atomic E-state index is 0.271. The first-order valence-corrected chi connectivity index (χ1v) is 9.32. The van der Waals surface area contributed by atoms with Gasteiger partial charge in [-0.3, -0.25) is 9.52 Å². The molecule has 5 nitrogen and oxygen atoms in total. The second-order valence-electron chi connectivity index (χ2n) is 4.01. The van der Waals surface area contributed by atoms with Crippen LogP contribution in [0.4, 0.5) is 11.4 Å². The number of anilines is 2. The van der Waals surface area contributed by atoms with Crippen molar-refractivity contribution >= 4 is 61.2 Å². The molecule has 2 rings (SSSR count). The van der Waals surface area contributed by atoms with Gasteiger partial charge in [0.25, 0.3) is 5.91 Å². The topological polar surface area (TPSA) is 75.3 Å². The number of carbonyl (C=O) groups excluding carboxylic acids is 1. The van der Waals surface area contributed by atoms with Crippen molar-refractivity contribution in [2.75, 3.05) is 16.3 Å². The van der Waals surface area contributed by atoms with E-state index in [9.17, 15) is 13.2 Å². The second-order valence-corrected chi connectivity index (χ2v) is 8.57. The standard InChI is InChI=1S/C12H11IN2O3S2/c1-20(17,18)15-10-5-3-2-4-9(10)14-12(16)8-6-11(13)19-7-8/h2-7,15H,1H3,(H,14,16). The van der Waals surface area contributed by atoms with Crippen molar-refractivity contribution in [2.45, 2.75) is 0 Å². The van der Waals surface area contributed by atoms with Gasteiger partial charge in [0, 0.05) is 5.38 Å². The van der Waals surface area contributed by atoms with Crippen molar-refractivity contribution in [2.24, 2.45) is 0 Å². The van der Waals surface area contributed by atoms with E-state index in [-0.39, 0.29) is 5.91 Å². The van der Waals surface area contributed by atoms with Crippen LogP contribution in [0, 0.1) is 2.88 Å². The molecule has 0 aliphatic carbocycles. The highest BCUT2D eigenvalue weighted by molar-refractivity contribution is 14.1. The number of para-hydroxylation sites is 2. The van der Waals surface area contributed by atoms with Gasteiger partial charge < -0.3 is 5.32 Å². The molecule has 106 valence electrons. The van der Waals surface area contributed by atoms with E-state index >= 15 is 0 Å². The van der Waals surface area contributed by atoms with Gasteiger partial charge in [-0.15, -0.1) is 11.3 Å². The highest BCUT2D eigenvalue weighted by Gasteiger charge is 2.12.